The molecule has 3 N–H and O–H groups in total. The predicted molar refractivity (Wildman–Crippen MR) is 90.9 cm³/mol. The van der Waals surface area contributed by atoms with Crippen molar-refractivity contribution in [3.8, 4) is 11.5 Å². The molecular formula is C16H27ClN2O3. The highest BCUT2D eigenvalue weighted by Crippen LogP contribution is 2.30. The summed E-state index contributed by atoms with van der Waals surface area (Å²) in [5, 5.41) is 2.95. The summed E-state index contributed by atoms with van der Waals surface area (Å²) in [6.07, 6.45) is 1.52. The summed E-state index contributed by atoms with van der Waals surface area (Å²) in [5.41, 5.74) is 6.13. The fraction of sp³-hybridized carbons (Fsp3) is 0.562. The number of methoxy groups -OCH3 is 2. The van der Waals surface area contributed by atoms with E-state index in [2.05, 4.69) is 5.32 Å². The molecule has 1 rings (SSSR count). The van der Waals surface area contributed by atoms with Crippen LogP contribution in [0, 0.1) is 0 Å². The summed E-state index contributed by atoms with van der Waals surface area (Å²) >= 11 is 0. The van der Waals surface area contributed by atoms with Gasteiger partial charge in [0.05, 0.1) is 25.8 Å². The SMILES string of the molecule is CCCC(C)(N)C(=O)NC(C)c1ccc(OC)c(OC)c1.Cl. The van der Waals surface area contributed by atoms with E-state index in [0.717, 1.165) is 12.0 Å². The van der Waals surface area contributed by atoms with Gasteiger partial charge in [-0.3, -0.25) is 4.79 Å². The Morgan fingerprint density at radius 1 is 1.32 bits per heavy atom. The Morgan fingerprint density at radius 3 is 2.41 bits per heavy atom. The molecule has 2 atom stereocenters. The largest absolute Gasteiger partial charge is 0.493 e. The summed E-state index contributed by atoms with van der Waals surface area (Å²) in [7, 11) is 3.18. The molecule has 1 aromatic rings. The summed E-state index contributed by atoms with van der Waals surface area (Å²) in [6, 6.07) is 5.43. The number of carbonyl (C=O) groups is 1. The van der Waals surface area contributed by atoms with Gasteiger partial charge in [0.25, 0.3) is 0 Å². The van der Waals surface area contributed by atoms with Gasteiger partial charge in [-0.05, 0) is 38.0 Å². The number of nitrogens with two attached hydrogens (primary N) is 1. The molecule has 0 aromatic heterocycles. The van der Waals surface area contributed by atoms with Crippen LogP contribution >= 0.6 is 12.4 Å². The minimum atomic E-state index is -0.848. The lowest BCUT2D eigenvalue weighted by atomic mass is 9.95. The van der Waals surface area contributed by atoms with Crippen molar-refractivity contribution >= 4 is 18.3 Å². The first kappa shape index (κ1) is 20.5. The molecule has 5 nitrogen and oxygen atoms in total. The smallest absolute Gasteiger partial charge is 0.240 e. The molecule has 6 heteroatoms. The molecule has 1 amide bonds. The standard InChI is InChI=1S/C16H26N2O3.ClH/c1-6-9-16(3,17)15(19)18-11(2)12-7-8-13(20-4)14(10-12)21-5;/h7-8,10-11H,6,9,17H2,1-5H3,(H,18,19);1H. The first-order valence-electron chi connectivity index (χ1n) is 7.17. The van der Waals surface area contributed by atoms with Crippen LogP contribution in [-0.4, -0.2) is 25.7 Å². The average molecular weight is 331 g/mol. The van der Waals surface area contributed by atoms with E-state index in [9.17, 15) is 4.79 Å². The molecule has 0 saturated heterocycles. The van der Waals surface area contributed by atoms with Crippen LogP contribution in [-0.2, 0) is 4.79 Å². The number of rotatable bonds is 7. The van der Waals surface area contributed by atoms with Gasteiger partial charge in [-0.15, -0.1) is 12.4 Å². The zero-order valence-electron chi connectivity index (χ0n) is 13.9. The molecule has 126 valence electrons. The summed E-state index contributed by atoms with van der Waals surface area (Å²) in [4.78, 5) is 12.2. The molecule has 0 bridgehead atoms. The second-order valence-electron chi connectivity index (χ2n) is 5.48. The zero-order valence-corrected chi connectivity index (χ0v) is 14.8. The van der Waals surface area contributed by atoms with Gasteiger partial charge in [-0.25, -0.2) is 0 Å². The third-order valence-electron chi connectivity index (χ3n) is 3.54. The lowest BCUT2D eigenvalue weighted by molar-refractivity contribution is -0.126. The first-order chi connectivity index (χ1) is 9.85. The number of carbonyl (C=O) groups excluding carboxylic acids is 1. The van der Waals surface area contributed by atoms with Gasteiger partial charge in [0.1, 0.15) is 0 Å². The molecule has 0 aliphatic rings. The van der Waals surface area contributed by atoms with Crippen molar-refractivity contribution < 1.29 is 14.3 Å². The van der Waals surface area contributed by atoms with Gasteiger partial charge in [0.2, 0.25) is 5.91 Å². The van der Waals surface area contributed by atoms with Crippen molar-refractivity contribution in [1.82, 2.24) is 5.32 Å². The van der Waals surface area contributed by atoms with Crippen LogP contribution in [0.2, 0.25) is 0 Å². The fourth-order valence-electron chi connectivity index (χ4n) is 2.20. The number of halogens is 1. The number of hydrogen-bond donors (Lipinski definition) is 2. The Labute approximate surface area is 139 Å². The molecule has 0 saturated carbocycles. The Balaban J connectivity index is 0.00000441. The Kier molecular flexibility index (Phi) is 8.27. The van der Waals surface area contributed by atoms with Gasteiger partial charge in [0.15, 0.2) is 11.5 Å². The Hall–Kier alpha value is -1.46. The molecule has 0 aliphatic heterocycles. The van der Waals surface area contributed by atoms with Crippen molar-refractivity contribution in [3.05, 3.63) is 23.8 Å². The monoisotopic (exact) mass is 330 g/mol. The third-order valence-corrected chi connectivity index (χ3v) is 3.54. The van der Waals surface area contributed by atoms with Crippen LogP contribution in [0.25, 0.3) is 0 Å². The van der Waals surface area contributed by atoms with E-state index in [1.54, 1.807) is 21.1 Å². The average Bonchev–Trinajstić information content (AvgIpc) is 2.46. The van der Waals surface area contributed by atoms with E-state index in [1.165, 1.54) is 0 Å². The minimum Gasteiger partial charge on any atom is -0.493 e. The Morgan fingerprint density at radius 2 is 1.91 bits per heavy atom. The maximum absolute atomic E-state index is 12.2. The number of benzene rings is 1. The van der Waals surface area contributed by atoms with Gasteiger partial charge >= 0.3 is 0 Å². The molecule has 0 fully saturated rings. The fourth-order valence-corrected chi connectivity index (χ4v) is 2.20. The highest BCUT2D eigenvalue weighted by Gasteiger charge is 2.28. The van der Waals surface area contributed by atoms with Gasteiger partial charge in [0, 0.05) is 0 Å². The van der Waals surface area contributed by atoms with E-state index in [-0.39, 0.29) is 24.4 Å². The van der Waals surface area contributed by atoms with Gasteiger partial charge in [-0.2, -0.15) is 0 Å². The summed E-state index contributed by atoms with van der Waals surface area (Å²) in [6.45, 7) is 5.69. The first-order valence-corrected chi connectivity index (χ1v) is 7.17. The minimum absolute atomic E-state index is 0. The van der Waals surface area contributed by atoms with Crippen molar-refractivity contribution in [3.63, 3.8) is 0 Å². The van der Waals surface area contributed by atoms with Gasteiger partial charge < -0.3 is 20.5 Å². The predicted octanol–water partition coefficient (Wildman–Crippen LogP) is 2.82. The van der Waals surface area contributed by atoms with Crippen LogP contribution in [0.5, 0.6) is 11.5 Å². The molecule has 0 aliphatic carbocycles. The van der Waals surface area contributed by atoms with E-state index in [4.69, 9.17) is 15.2 Å². The third kappa shape index (κ3) is 5.07. The van der Waals surface area contributed by atoms with Crippen molar-refractivity contribution in [1.29, 1.82) is 0 Å². The molecule has 22 heavy (non-hydrogen) atoms. The second kappa shape index (κ2) is 8.86. The molecule has 0 heterocycles. The van der Waals surface area contributed by atoms with Crippen LogP contribution in [0.3, 0.4) is 0 Å². The number of nitrogens with one attached hydrogen (secondary N) is 1. The second-order valence-corrected chi connectivity index (χ2v) is 5.48. The quantitative estimate of drug-likeness (QED) is 0.806. The van der Waals surface area contributed by atoms with E-state index < -0.39 is 5.54 Å². The van der Waals surface area contributed by atoms with Crippen LogP contribution in [0.1, 0.15) is 45.2 Å². The number of hydrogen-bond acceptors (Lipinski definition) is 4. The summed E-state index contributed by atoms with van der Waals surface area (Å²) in [5.74, 6) is 1.15. The van der Waals surface area contributed by atoms with Gasteiger partial charge in [-0.1, -0.05) is 19.4 Å². The molecule has 0 spiro atoms. The van der Waals surface area contributed by atoms with E-state index in [0.29, 0.717) is 17.9 Å². The molecule has 0 radical (unpaired) electrons. The van der Waals surface area contributed by atoms with Crippen LogP contribution in [0.4, 0.5) is 0 Å². The lowest BCUT2D eigenvalue weighted by Crippen LogP contribution is -2.52. The van der Waals surface area contributed by atoms with Crippen molar-refractivity contribution in [2.75, 3.05) is 14.2 Å². The molecule has 1 aromatic carbocycles. The summed E-state index contributed by atoms with van der Waals surface area (Å²) < 4.78 is 10.5. The van der Waals surface area contributed by atoms with Crippen LogP contribution in [0.15, 0.2) is 18.2 Å². The zero-order chi connectivity index (χ0) is 16.0. The number of ether oxygens (including phenoxy) is 2. The number of amides is 1. The maximum atomic E-state index is 12.2. The van der Waals surface area contributed by atoms with E-state index in [1.807, 2.05) is 32.0 Å². The van der Waals surface area contributed by atoms with Crippen molar-refractivity contribution in [2.24, 2.45) is 5.73 Å². The highest BCUT2D eigenvalue weighted by atomic mass is 35.5. The molecular weight excluding hydrogens is 304 g/mol. The highest BCUT2D eigenvalue weighted by molar-refractivity contribution is 5.86. The molecule has 2 unspecified atom stereocenters. The lowest BCUT2D eigenvalue weighted by Gasteiger charge is -2.26. The van der Waals surface area contributed by atoms with E-state index >= 15 is 0 Å². The van der Waals surface area contributed by atoms with Crippen LogP contribution < -0.4 is 20.5 Å². The maximum Gasteiger partial charge on any atom is 0.240 e. The topological polar surface area (TPSA) is 73.6 Å². The Bertz CT molecular complexity index is 492. The normalized spacial score (nSPS) is 14.3. The van der Waals surface area contributed by atoms with Crippen molar-refractivity contribution in [2.45, 2.75) is 45.2 Å².